The van der Waals surface area contributed by atoms with E-state index in [-0.39, 0.29) is 41.3 Å². The van der Waals surface area contributed by atoms with Gasteiger partial charge in [0.15, 0.2) is 5.78 Å². The maximum atomic E-state index is 11.9. The molecule has 1 aromatic rings. The van der Waals surface area contributed by atoms with Gasteiger partial charge in [-0.25, -0.2) is 0 Å². The van der Waals surface area contributed by atoms with Crippen molar-refractivity contribution in [3.8, 4) is 6.07 Å². The molecule has 0 fully saturated rings. The van der Waals surface area contributed by atoms with Crippen LogP contribution >= 0.6 is 0 Å². The molecule has 0 saturated heterocycles. The van der Waals surface area contributed by atoms with E-state index in [9.17, 15) is 10.1 Å². The van der Waals surface area contributed by atoms with Crippen LogP contribution in [0.3, 0.4) is 0 Å². The average molecular weight is 292 g/mol. The van der Waals surface area contributed by atoms with Gasteiger partial charge in [-0.3, -0.25) is 4.79 Å². The van der Waals surface area contributed by atoms with Crippen LogP contribution in [-0.2, 0) is 17.4 Å². The summed E-state index contributed by atoms with van der Waals surface area (Å²) < 4.78 is 0. The molecule has 1 aliphatic heterocycles. The minimum Gasteiger partial charge on any atom is -0.761 e. The van der Waals surface area contributed by atoms with Crippen LogP contribution in [0.4, 0.5) is 0 Å². The van der Waals surface area contributed by atoms with E-state index in [1.165, 1.54) is 6.92 Å². The second-order valence-corrected chi connectivity index (χ2v) is 4.83. The van der Waals surface area contributed by atoms with Crippen molar-refractivity contribution in [2.75, 3.05) is 0 Å². The number of nitrogens with one attached hydrogen (secondary N) is 1. The summed E-state index contributed by atoms with van der Waals surface area (Å²) in [6.07, 6.45) is 0. The number of nitriles is 1. The molecule has 0 spiro atoms. The molecule has 20 heavy (non-hydrogen) atoms. The van der Waals surface area contributed by atoms with E-state index < -0.39 is 0 Å². The van der Waals surface area contributed by atoms with Crippen molar-refractivity contribution in [2.45, 2.75) is 19.8 Å². The van der Waals surface area contributed by atoms with Gasteiger partial charge in [-0.05, 0) is 19.4 Å². The standard InChI is InChI=1S/C15H14N2OS.Na/c1-9-13(10(2)18)14(11-6-4-3-5-7-11)12(8-16)15(19)17-9;/h3-7,14,17,19H,1-2H3;/q;+1/p-1. The number of hydrogen-bond acceptors (Lipinski definition) is 4. The van der Waals surface area contributed by atoms with Gasteiger partial charge < -0.3 is 17.9 Å². The summed E-state index contributed by atoms with van der Waals surface area (Å²) in [5.41, 5.74) is 2.67. The van der Waals surface area contributed by atoms with Crippen LogP contribution < -0.4 is 34.9 Å². The molecule has 5 heteroatoms. The van der Waals surface area contributed by atoms with E-state index >= 15 is 0 Å². The van der Waals surface area contributed by atoms with Gasteiger partial charge in [-0.15, -0.1) is 0 Å². The van der Waals surface area contributed by atoms with Crippen LogP contribution in [0.1, 0.15) is 25.3 Å². The summed E-state index contributed by atoms with van der Waals surface area (Å²) in [6.45, 7) is 3.33. The number of carbonyl (C=O) groups is 1. The molecule has 0 aliphatic carbocycles. The number of rotatable bonds is 2. The van der Waals surface area contributed by atoms with Crippen molar-refractivity contribution in [1.29, 1.82) is 5.26 Å². The molecule has 3 nitrogen and oxygen atoms in total. The summed E-state index contributed by atoms with van der Waals surface area (Å²) in [5.74, 6) is -0.411. The van der Waals surface area contributed by atoms with Crippen LogP contribution in [0, 0.1) is 11.3 Å². The number of benzene rings is 1. The number of hydrogen-bond donors (Lipinski definition) is 1. The number of allylic oxidation sites excluding steroid dienone is 3. The van der Waals surface area contributed by atoms with E-state index in [0.29, 0.717) is 16.2 Å². The van der Waals surface area contributed by atoms with E-state index in [1.54, 1.807) is 0 Å². The van der Waals surface area contributed by atoms with Crippen molar-refractivity contribution >= 4 is 18.4 Å². The molecule has 0 radical (unpaired) electrons. The Balaban J connectivity index is 0.00000200. The topological polar surface area (TPSA) is 52.9 Å². The van der Waals surface area contributed by atoms with Gasteiger partial charge in [0, 0.05) is 22.8 Å². The predicted octanol–water partition coefficient (Wildman–Crippen LogP) is -0.478. The first-order valence-corrected chi connectivity index (χ1v) is 6.32. The first-order chi connectivity index (χ1) is 9.06. The molecule has 1 aliphatic rings. The zero-order valence-electron chi connectivity index (χ0n) is 11.7. The third kappa shape index (κ3) is 3.13. The Hall–Kier alpha value is -1.12. The quantitative estimate of drug-likeness (QED) is 0.591. The molecular formula is C15H13N2NaOS. The zero-order valence-corrected chi connectivity index (χ0v) is 14.5. The Morgan fingerprint density at radius 3 is 2.45 bits per heavy atom. The SMILES string of the molecule is CC(=O)C1=C(C)NC([S-])=C(C#N)C1c1ccccc1.[Na+]. The number of nitrogens with zero attached hydrogens (tertiary/aromatic N) is 1. The largest absolute Gasteiger partial charge is 1.00 e. The normalized spacial score (nSPS) is 17.9. The Morgan fingerprint density at radius 2 is 1.95 bits per heavy atom. The molecule has 1 aromatic carbocycles. The monoisotopic (exact) mass is 292 g/mol. The van der Waals surface area contributed by atoms with Gasteiger partial charge >= 0.3 is 29.6 Å². The number of dihydropyridines is 1. The second kappa shape index (κ2) is 7.05. The van der Waals surface area contributed by atoms with Gasteiger partial charge in [0.05, 0.1) is 6.07 Å². The Labute approximate surface area is 146 Å². The second-order valence-electron chi connectivity index (χ2n) is 4.42. The Bertz CT molecular complexity index is 629. The third-order valence-electron chi connectivity index (χ3n) is 3.16. The Morgan fingerprint density at radius 1 is 1.35 bits per heavy atom. The fraction of sp³-hybridized carbons (Fsp3) is 0.200. The van der Waals surface area contributed by atoms with Crippen molar-refractivity contribution < 1.29 is 34.4 Å². The van der Waals surface area contributed by atoms with Crippen molar-refractivity contribution in [3.63, 3.8) is 0 Å². The van der Waals surface area contributed by atoms with E-state index in [2.05, 4.69) is 11.4 Å². The molecule has 0 bridgehead atoms. The molecule has 2 rings (SSSR count). The van der Waals surface area contributed by atoms with Crippen LogP contribution in [0.15, 0.2) is 52.2 Å². The van der Waals surface area contributed by atoms with Gasteiger partial charge in [0.1, 0.15) is 0 Å². The van der Waals surface area contributed by atoms with Crippen molar-refractivity contribution in [3.05, 3.63) is 57.8 Å². The van der Waals surface area contributed by atoms with Crippen LogP contribution in [0.25, 0.3) is 0 Å². The van der Waals surface area contributed by atoms with Crippen LogP contribution in [0.2, 0.25) is 0 Å². The predicted molar refractivity (Wildman–Crippen MR) is 75.7 cm³/mol. The number of ketones is 1. The minimum absolute atomic E-state index is 0. The summed E-state index contributed by atoms with van der Waals surface area (Å²) in [5, 5.41) is 12.7. The molecular weight excluding hydrogens is 279 g/mol. The summed E-state index contributed by atoms with van der Waals surface area (Å²) in [4.78, 5) is 11.9. The van der Waals surface area contributed by atoms with Gasteiger partial charge in [-0.1, -0.05) is 35.4 Å². The van der Waals surface area contributed by atoms with Crippen LogP contribution in [0.5, 0.6) is 0 Å². The molecule has 0 aromatic heterocycles. The summed E-state index contributed by atoms with van der Waals surface area (Å²) in [6, 6.07) is 11.6. The molecule has 0 amide bonds. The van der Waals surface area contributed by atoms with Gasteiger partial charge in [-0.2, -0.15) is 5.26 Å². The Kier molecular flexibility index (Phi) is 5.97. The molecule has 1 N–H and O–H groups in total. The molecule has 96 valence electrons. The van der Waals surface area contributed by atoms with E-state index in [1.807, 2.05) is 37.3 Å². The van der Waals surface area contributed by atoms with Crippen molar-refractivity contribution in [1.82, 2.24) is 5.32 Å². The van der Waals surface area contributed by atoms with E-state index in [4.69, 9.17) is 12.6 Å². The number of Topliss-reactive ketones (excluding diaryl/α,β-unsaturated/α-hetero) is 1. The van der Waals surface area contributed by atoms with E-state index in [0.717, 1.165) is 11.3 Å². The van der Waals surface area contributed by atoms with Gasteiger partial charge in [0.2, 0.25) is 0 Å². The van der Waals surface area contributed by atoms with Crippen LogP contribution in [-0.4, -0.2) is 5.78 Å². The first kappa shape index (κ1) is 16.9. The molecule has 0 saturated carbocycles. The molecule has 1 unspecified atom stereocenters. The first-order valence-electron chi connectivity index (χ1n) is 5.91. The average Bonchev–Trinajstić information content (AvgIpc) is 2.38. The number of carbonyl (C=O) groups excluding carboxylic acids is 1. The smallest absolute Gasteiger partial charge is 0.761 e. The van der Waals surface area contributed by atoms with Gasteiger partial charge in [0.25, 0.3) is 0 Å². The molecule has 1 heterocycles. The summed E-state index contributed by atoms with van der Waals surface area (Å²) >= 11 is 5.20. The summed E-state index contributed by atoms with van der Waals surface area (Å²) in [7, 11) is 0. The fourth-order valence-corrected chi connectivity index (χ4v) is 2.67. The minimum atomic E-state index is -0.363. The fourth-order valence-electron chi connectivity index (χ4n) is 2.36. The zero-order chi connectivity index (χ0) is 14.0. The third-order valence-corrected chi connectivity index (χ3v) is 3.48. The maximum Gasteiger partial charge on any atom is 1.00 e. The molecule has 1 atom stereocenters. The maximum absolute atomic E-state index is 11.9. The van der Waals surface area contributed by atoms with Crippen molar-refractivity contribution in [2.24, 2.45) is 0 Å².